The smallest absolute Gasteiger partial charge is 0.161 e. The summed E-state index contributed by atoms with van der Waals surface area (Å²) < 4.78 is 19.5. The van der Waals surface area contributed by atoms with E-state index in [0.717, 1.165) is 0 Å². The molecular weight excluding hydrogens is 319 g/mol. The van der Waals surface area contributed by atoms with E-state index in [1.165, 1.54) is 0 Å². The summed E-state index contributed by atoms with van der Waals surface area (Å²) in [6.07, 6.45) is 0. The molecule has 1 aromatic rings. The Balaban J connectivity index is 3.06. The molecule has 0 fully saturated rings. The van der Waals surface area contributed by atoms with Gasteiger partial charge < -0.3 is 15.8 Å². The van der Waals surface area contributed by atoms with Crippen LogP contribution in [0.2, 0.25) is 0 Å². The van der Waals surface area contributed by atoms with Crippen molar-refractivity contribution in [3.05, 3.63) is 28.0 Å². The molecule has 0 bridgehead atoms. The van der Waals surface area contributed by atoms with Crippen molar-refractivity contribution >= 4 is 38.8 Å². The predicted octanol–water partition coefficient (Wildman–Crippen LogP) is 3.06. The summed E-state index contributed by atoms with van der Waals surface area (Å²) in [7, 11) is 1.60. The van der Waals surface area contributed by atoms with Gasteiger partial charge in [-0.2, -0.15) is 0 Å². The average molecular weight is 335 g/mol. The number of hydrogen-bond donors (Lipinski definition) is 2. The quantitative estimate of drug-likeness (QED) is 0.812. The topological polar surface area (TPSA) is 47.3 Å². The van der Waals surface area contributed by atoms with Crippen LogP contribution in [0.3, 0.4) is 0 Å². The lowest BCUT2D eigenvalue weighted by Gasteiger charge is -2.27. The van der Waals surface area contributed by atoms with Gasteiger partial charge in [-0.25, -0.2) is 4.39 Å². The van der Waals surface area contributed by atoms with Crippen molar-refractivity contribution < 1.29 is 9.13 Å². The van der Waals surface area contributed by atoms with Gasteiger partial charge in [0.05, 0.1) is 22.3 Å². The van der Waals surface area contributed by atoms with Gasteiger partial charge in [-0.3, -0.25) is 0 Å². The molecule has 3 N–H and O–H groups in total. The van der Waals surface area contributed by atoms with Gasteiger partial charge in [0.2, 0.25) is 0 Å². The normalized spacial score (nSPS) is 11.4. The van der Waals surface area contributed by atoms with Crippen LogP contribution in [-0.2, 0) is 4.74 Å². The first-order valence-corrected chi connectivity index (χ1v) is 6.53. The Kier molecular flexibility index (Phi) is 5.07. The highest BCUT2D eigenvalue weighted by Crippen LogP contribution is 2.28. The maximum atomic E-state index is 14.1. The monoisotopic (exact) mass is 334 g/mol. The Morgan fingerprint density at radius 1 is 1.56 bits per heavy atom. The Labute approximate surface area is 120 Å². The molecule has 1 rings (SSSR count). The van der Waals surface area contributed by atoms with Crippen LogP contribution in [0.1, 0.15) is 19.4 Å². The van der Waals surface area contributed by atoms with Crippen LogP contribution in [0.25, 0.3) is 0 Å². The second-order valence-corrected chi connectivity index (χ2v) is 5.83. The number of benzene rings is 1. The lowest BCUT2D eigenvalue weighted by molar-refractivity contribution is 0.158. The zero-order chi connectivity index (χ0) is 13.9. The minimum Gasteiger partial charge on any atom is -0.389 e. The number of anilines is 1. The van der Waals surface area contributed by atoms with Gasteiger partial charge in [0, 0.05) is 12.7 Å². The third kappa shape index (κ3) is 3.63. The number of hydrogen-bond acceptors (Lipinski definition) is 3. The number of nitrogens with two attached hydrogens (primary N) is 1. The average Bonchev–Trinajstić information content (AvgIpc) is 2.24. The minimum absolute atomic E-state index is 0.156. The molecule has 0 atom stereocenters. The van der Waals surface area contributed by atoms with E-state index in [0.29, 0.717) is 17.9 Å². The van der Waals surface area contributed by atoms with E-state index >= 15 is 0 Å². The molecule has 3 nitrogen and oxygen atoms in total. The highest BCUT2D eigenvalue weighted by molar-refractivity contribution is 9.10. The molecule has 100 valence electrons. The fourth-order valence-electron chi connectivity index (χ4n) is 1.60. The van der Waals surface area contributed by atoms with Gasteiger partial charge in [-0.1, -0.05) is 12.2 Å². The molecule has 0 unspecified atom stereocenters. The van der Waals surface area contributed by atoms with E-state index in [2.05, 4.69) is 21.2 Å². The van der Waals surface area contributed by atoms with Crippen molar-refractivity contribution in [1.29, 1.82) is 0 Å². The van der Waals surface area contributed by atoms with Crippen LogP contribution in [0.5, 0.6) is 0 Å². The highest BCUT2D eigenvalue weighted by atomic mass is 79.9. The number of nitrogens with one attached hydrogen (secondary N) is 1. The van der Waals surface area contributed by atoms with Gasteiger partial charge in [0.25, 0.3) is 0 Å². The standard InChI is InChI=1S/C12H16BrFN2OS/c1-12(2,6-17-3)16-8-5-4-7(11(15)18)9(13)10(8)14/h4-5,16H,6H2,1-3H3,(H2,15,18). The van der Waals surface area contributed by atoms with E-state index < -0.39 is 5.82 Å². The number of ether oxygens (including phenoxy) is 1. The summed E-state index contributed by atoms with van der Waals surface area (Å²) in [4.78, 5) is 0.156. The third-order valence-electron chi connectivity index (χ3n) is 2.33. The molecule has 0 heterocycles. The van der Waals surface area contributed by atoms with Crippen molar-refractivity contribution in [2.24, 2.45) is 5.73 Å². The fourth-order valence-corrected chi connectivity index (χ4v) is 2.46. The first-order chi connectivity index (χ1) is 8.28. The van der Waals surface area contributed by atoms with Crippen molar-refractivity contribution in [2.45, 2.75) is 19.4 Å². The second-order valence-electron chi connectivity index (χ2n) is 4.59. The molecule has 0 spiro atoms. The summed E-state index contributed by atoms with van der Waals surface area (Å²) in [5, 5.41) is 3.08. The molecule has 18 heavy (non-hydrogen) atoms. The molecule has 0 aliphatic heterocycles. The zero-order valence-corrected chi connectivity index (χ0v) is 12.9. The fraction of sp³-hybridized carbons (Fsp3) is 0.417. The van der Waals surface area contributed by atoms with Crippen LogP contribution in [0.15, 0.2) is 16.6 Å². The van der Waals surface area contributed by atoms with Gasteiger partial charge in [-0.05, 0) is 41.9 Å². The summed E-state index contributed by atoms with van der Waals surface area (Å²) >= 11 is 8.01. The molecule has 0 saturated heterocycles. The van der Waals surface area contributed by atoms with E-state index in [9.17, 15) is 4.39 Å². The number of rotatable bonds is 5. The summed E-state index contributed by atoms with van der Waals surface area (Å²) in [6.45, 7) is 4.30. The number of thiocarbonyl (C=S) groups is 1. The molecule has 1 aromatic carbocycles. The van der Waals surface area contributed by atoms with Crippen molar-refractivity contribution in [3.8, 4) is 0 Å². The molecule has 0 amide bonds. The Bertz CT molecular complexity index is 466. The number of methoxy groups -OCH3 is 1. The molecule has 6 heteroatoms. The molecule has 0 aromatic heterocycles. The zero-order valence-electron chi connectivity index (χ0n) is 10.5. The number of halogens is 2. The molecular formula is C12H16BrFN2OS. The maximum Gasteiger partial charge on any atom is 0.161 e. The van der Waals surface area contributed by atoms with E-state index in [-0.39, 0.29) is 15.0 Å². The van der Waals surface area contributed by atoms with Gasteiger partial charge in [0.1, 0.15) is 4.99 Å². The Morgan fingerprint density at radius 2 is 2.17 bits per heavy atom. The first kappa shape index (κ1) is 15.3. The second kappa shape index (κ2) is 5.95. The van der Waals surface area contributed by atoms with Crippen LogP contribution >= 0.6 is 28.1 Å². The van der Waals surface area contributed by atoms with E-state index in [1.807, 2.05) is 13.8 Å². The Morgan fingerprint density at radius 3 is 2.67 bits per heavy atom. The minimum atomic E-state index is -0.413. The molecule has 0 aliphatic rings. The molecule has 0 aliphatic carbocycles. The van der Waals surface area contributed by atoms with Crippen LogP contribution in [0, 0.1) is 5.82 Å². The van der Waals surface area contributed by atoms with Crippen LogP contribution < -0.4 is 11.1 Å². The van der Waals surface area contributed by atoms with Crippen molar-refractivity contribution in [3.63, 3.8) is 0 Å². The molecule has 0 saturated carbocycles. The maximum absolute atomic E-state index is 14.1. The van der Waals surface area contributed by atoms with E-state index in [4.69, 9.17) is 22.7 Å². The summed E-state index contributed by atoms with van der Waals surface area (Å²) in [5.41, 5.74) is 5.99. The van der Waals surface area contributed by atoms with Gasteiger partial charge >= 0.3 is 0 Å². The predicted molar refractivity (Wildman–Crippen MR) is 79.6 cm³/mol. The van der Waals surface area contributed by atoms with Crippen molar-refractivity contribution in [2.75, 3.05) is 19.0 Å². The van der Waals surface area contributed by atoms with Gasteiger partial charge in [-0.15, -0.1) is 0 Å². The Hall–Kier alpha value is -0.720. The van der Waals surface area contributed by atoms with Gasteiger partial charge in [0.15, 0.2) is 5.82 Å². The van der Waals surface area contributed by atoms with Crippen LogP contribution in [-0.4, -0.2) is 24.2 Å². The molecule has 0 radical (unpaired) electrons. The first-order valence-electron chi connectivity index (χ1n) is 5.33. The van der Waals surface area contributed by atoms with Crippen molar-refractivity contribution in [1.82, 2.24) is 0 Å². The highest BCUT2D eigenvalue weighted by Gasteiger charge is 2.21. The lowest BCUT2D eigenvalue weighted by Crippen LogP contribution is -2.36. The third-order valence-corrected chi connectivity index (χ3v) is 3.32. The summed E-state index contributed by atoms with van der Waals surface area (Å²) in [5.74, 6) is -0.413. The largest absolute Gasteiger partial charge is 0.389 e. The van der Waals surface area contributed by atoms with Crippen LogP contribution in [0.4, 0.5) is 10.1 Å². The lowest BCUT2D eigenvalue weighted by atomic mass is 10.1. The van der Waals surface area contributed by atoms with E-state index in [1.54, 1.807) is 19.2 Å². The SMILES string of the molecule is COCC(C)(C)Nc1ccc(C(N)=S)c(Br)c1F. The summed E-state index contributed by atoms with van der Waals surface area (Å²) in [6, 6.07) is 3.30.